The number of pyridine rings is 1. The zero-order valence-corrected chi connectivity index (χ0v) is 17.2. The Morgan fingerprint density at radius 2 is 1.87 bits per heavy atom. The van der Waals surface area contributed by atoms with Crippen molar-refractivity contribution in [1.29, 1.82) is 0 Å². The van der Waals surface area contributed by atoms with Crippen LogP contribution >= 0.6 is 11.3 Å². The summed E-state index contributed by atoms with van der Waals surface area (Å²) in [7, 11) is 0. The van der Waals surface area contributed by atoms with Crippen LogP contribution in [0.2, 0.25) is 0 Å². The van der Waals surface area contributed by atoms with Gasteiger partial charge in [-0.2, -0.15) is 0 Å². The maximum absolute atomic E-state index is 12.3. The standard InChI is InChI=1S/C23H21N5OS/c29-22(26-23-27-25-15-30-23)18-8-9-21(24-14-18)28-12-10-17(11-13-28)20-7-3-5-16-4-1-2-6-19(16)20/h1-9,14-15,17H,10-13H2,(H,26,27,29). The third kappa shape index (κ3) is 3.76. The number of fused-ring (bicyclic) bond motifs is 1. The molecule has 150 valence electrons. The van der Waals surface area contributed by atoms with Crippen LogP contribution in [-0.4, -0.2) is 34.2 Å². The van der Waals surface area contributed by atoms with Gasteiger partial charge in [0.1, 0.15) is 11.3 Å². The topological polar surface area (TPSA) is 71.0 Å². The molecule has 0 saturated carbocycles. The summed E-state index contributed by atoms with van der Waals surface area (Å²) in [5.41, 5.74) is 3.54. The number of nitrogens with zero attached hydrogens (tertiary/aromatic N) is 4. The van der Waals surface area contributed by atoms with E-state index >= 15 is 0 Å². The molecule has 1 aliphatic heterocycles. The van der Waals surface area contributed by atoms with Crippen LogP contribution in [0.4, 0.5) is 10.9 Å². The predicted octanol–water partition coefficient (Wildman–Crippen LogP) is 4.72. The predicted molar refractivity (Wildman–Crippen MR) is 120 cm³/mol. The monoisotopic (exact) mass is 415 g/mol. The number of rotatable bonds is 4. The van der Waals surface area contributed by atoms with Crippen molar-refractivity contribution in [3.63, 3.8) is 0 Å². The molecule has 1 amide bonds. The van der Waals surface area contributed by atoms with E-state index in [1.165, 1.54) is 27.7 Å². The molecule has 0 aliphatic carbocycles. The molecule has 30 heavy (non-hydrogen) atoms. The summed E-state index contributed by atoms with van der Waals surface area (Å²) in [6.07, 6.45) is 3.81. The number of aromatic nitrogens is 3. The quantitative estimate of drug-likeness (QED) is 0.522. The van der Waals surface area contributed by atoms with Crippen LogP contribution in [0.1, 0.15) is 34.7 Å². The Balaban J connectivity index is 1.25. The van der Waals surface area contributed by atoms with Gasteiger partial charge in [-0.1, -0.05) is 53.8 Å². The van der Waals surface area contributed by atoms with E-state index in [0.29, 0.717) is 16.6 Å². The van der Waals surface area contributed by atoms with E-state index in [9.17, 15) is 4.79 Å². The molecule has 0 bridgehead atoms. The highest BCUT2D eigenvalue weighted by atomic mass is 32.1. The second-order valence-electron chi connectivity index (χ2n) is 7.43. The summed E-state index contributed by atoms with van der Waals surface area (Å²) in [5, 5.41) is 13.4. The molecule has 1 aliphatic rings. The minimum Gasteiger partial charge on any atom is -0.357 e. The maximum Gasteiger partial charge on any atom is 0.259 e. The smallest absolute Gasteiger partial charge is 0.259 e. The molecule has 0 atom stereocenters. The van der Waals surface area contributed by atoms with Crippen molar-refractivity contribution in [1.82, 2.24) is 15.2 Å². The molecular weight excluding hydrogens is 394 g/mol. The van der Waals surface area contributed by atoms with E-state index in [1.807, 2.05) is 12.1 Å². The Bertz CT molecular complexity index is 1150. The highest BCUT2D eigenvalue weighted by Crippen LogP contribution is 2.34. The molecule has 4 aromatic rings. The Kier molecular flexibility index (Phi) is 5.11. The second-order valence-corrected chi connectivity index (χ2v) is 8.27. The first-order valence-corrected chi connectivity index (χ1v) is 10.9. The average molecular weight is 416 g/mol. The average Bonchev–Trinajstić information content (AvgIpc) is 3.32. The number of amides is 1. The third-order valence-corrected chi connectivity index (χ3v) is 6.28. The summed E-state index contributed by atoms with van der Waals surface area (Å²) in [5.74, 6) is 1.25. The fraction of sp³-hybridized carbons (Fsp3) is 0.217. The Morgan fingerprint density at radius 3 is 2.63 bits per heavy atom. The van der Waals surface area contributed by atoms with E-state index in [-0.39, 0.29) is 5.91 Å². The molecule has 2 aromatic heterocycles. The van der Waals surface area contributed by atoms with Crippen LogP contribution in [0.3, 0.4) is 0 Å². The molecule has 1 saturated heterocycles. The number of piperidine rings is 1. The van der Waals surface area contributed by atoms with Crippen molar-refractivity contribution in [3.05, 3.63) is 77.4 Å². The van der Waals surface area contributed by atoms with Crippen LogP contribution in [0.15, 0.2) is 66.3 Å². The fourth-order valence-electron chi connectivity index (χ4n) is 4.13. The van der Waals surface area contributed by atoms with Gasteiger partial charge in [0.2, 0.25) is 5.13 Å². The summed E-state index contributed by atoms with van der Waals surface area (Å²) in [4.78, 5) is 19.1. The SMILES string of the molecule is O=C(Nc1nncs1)c1ccc(N2CCC(c3cccc4ccccc34)CC2)nc1. The molecule has 7 heteroatoms. The summed E-state index contributed by atoms with van der Waals surface area (Å²) >= 11 is 1.29. The van der Waals surface area contributed by atoms with Crippen molar-refractivity contribution < 1.29 is 4.79 Å². The van der Waals surface area contributed by atoms with Gasteiger partial charge >= 0.3 is 0 Å². The number of carbonyl (C=O) groups excluding carboxylic acids is 1. The van der Waals surface area contributed by atoms with E-state index < -0.39 is 0 Å². The number of nitrogens with one attached hydrogen (secondary N) is 1. The molecule has 3 heterocycles. The van der Waals surface area contributed by atoms with E-state index in [2.05, 4.69) is 67.9 Å². The van der Waals surface area contributed by atoms with Crippen molar-refractivity contribution in [3.8, 4) is 0 Å². The molecule has 6 nitrogen and oxygen atoms in total. The van der Waals surface area contributed by atoms with Gasteiger partial charge in [-0.05, 0) is 47.2 Å². The number of hydrogen-bond acceptors (Lipinski definition) is 6. The van der Waals surface area contributed by atoms with Gasteiger partial charge in [-0.15, -0.1) is 10.2 Å². The minimum absolute atomic E-state index is 0.222. The van der Waals surface area contributed by atoms with Gasteiger partial charge in [0.15, 0.2) is 0 Å². The minimum atomic E-state index is -0.222. The first-order chi connectivity index (χ1) is 14.8. The van der Waals surface area contributed by atoms with Crippen molar-refractivity contribution in [2.75, 3.05) is 23.3 Å². The van der Waals surface area contributed by atoms with Crippen LogP contribution in [0, 0.1) is 0 Å². The lowest BCUT2D eigenvalue weighted by Gasteiger charge is -2.33. The van der Waals surface area contributed by atoms with E-state index in [1.54, 1.807) is 11.7 Å². The van der Waals surface area contributed by atoms with Crippen molar-refractivity contribution in [2.45, 2.75) is 18.8 Å². The van der Waals surface area contributed by atoms with Crippen LogP contribution in [0.5, 0.6) is 0 Å². The van der Waals surface area contributed by atoms with Crippen LogP contribution < -0.4 is 10.2 Å². The number of anilines is 2. The Hall–Kier alpha value is -3.32. The molecule has 1 N–H and O–H groups in total. The number of benzene rings is 2. The molecule has 0 radical (unpaired) electrons. The van der Waals surface area contributed by atoms with E-state index in [4.69, 9.17) is 0 Å². The largest absolute Gasteiger partial charge is 0.357 e. The van der Waals surface area contributed by atoms with Gasteiger partial charge in [-0.25, -0.2) is 4.98 Å². The number of hydrogen-bond donors (Lipinski definition) is 1. The lowest BCUT2D eigenvalue weighted by Crippen LogP contribution is -2.33. The van der Waals surface area contributed by atoms with Crippen molar-refractivity contribution >= 4 is 39.0 Å². The molecule has 0 unspecified atom stereocenters. The number of carbonyl (C=O) groups is 1. The van der Waals surface area contributed by atoms with Gasteiger partial charge < -0.3 is 4.90 Å². The first kappa shape index (κ1) is 18.7. The molecule has 2 aromatic carbocycles. The van der Waals surface area contributed by atoms with Crippen LogP contribution in [0.25, 0.3) is 10.8 Å². The Labute approximate surface area is 178 Å². The van der Waals surface area contributed by atoms with E-state index in [0.717, 1.165) is 31.7 Å². The molecule has 1 fully saturated rings. The fourth-order valence-corrected chi connectivity index (χ4v) is 4.57. The molecule has 0 spiro atoms. The second kappa shape index (κ2) is 8.20. The molecular formula is C23H21N5OS. The highest BCUT2D eigenvalue weighted by Gasteiger charge is 2.23. The summed E-state index contributed by atoms with van der Waals surface area (Å²) in [6, 6.07) is 19.0. The molecule has 5 rings (SSSR count). The normalized spacial score (nSPS) is 14.7. The van der Waals surface area contributed by atoms with Gasteiger partial charge in [-0.3, -0.25) is 10.1 Å². The summed E-state index contributed by atoms with van der Waals surface area (Å²) in [6.45, 7) is 1.91. The lowest BCUT2D eigenvalue weighted by atomic mass is 9.86. The summed E-state index contributed by atoms with van der Waals surface area (Å²) < 4.78 is 0. The van der Waals surface area contributed by atoms with Crippen LogP contribution in [-0.2, 0) is 0 Å². The van der Waals surface area contributed by atoms with Crippen molar-refractivity contribution in [2.24, 2.45) is 0 Å². The highest BCUT2D eigenvalue weighted by molar-refractivity contribution is 7.13. The van der Waals surface area contributed by atoms with Gasteiger partial charge in [0.25, 0.3) is 5.91 Å². The maximum atomic E-state index is 12.3. The first-order valence-electron chi connectivity index (χ1n) is 10.0. The zero-order valence-electron chi connectivity index (χ0n) is 16.4. The third-order valence-electron chi connectivity index (χ3n) is 5.67. The van der Waals surface area contributed by atoms with Gasteiger partial charge in [0, 0.05) is 19.3 Å². The van der Waals surface area contributed by atoms with Gasteiger partial charge in [0.05, 0.1) is 5.56 Å². The zero-order chi connectivity index (χ0) is 20.3. The lowest BCUT2D eigenvalue weighted by molar-refractivity contribution is 0.102. The Morgan fingerprint density at radius 1 is 1.03 bits per heavy atom.